The summed E-state index contributed by atoms with van der Waals surface area (Å²) in [4.78, 5) is 24.8. The summed E-state index contributed by atoms with van der Waals surface area (Å²) in [7, 11) is 0. The van der Waals surface area contributed by atoms with Gasteiger partial charge in [-0.05, 0) is 50.8 Å². The lowest BCUT2D eigenvalue weighted by molar-refractivity contribution is -0.137. The lowest BCUT2D eigenvalue weighted by Crippen LogP contribution is -2.39. The first-order valence-electron chi connectivity index (χ1n) is 7.78. The van der Waals surface area contributed by atoms with E-state index in [-0.39, 0.29) is 12.5 Å². The fraction of sp³-hybridized carbons (Fsp3) is 0.529. The summed E-state index contributed by atoms with van der Waals surface area (Å²) in [5.41, 5.74) is 7.97. The third-order valence-electron chi connectivity index (χ3n) is 3.66. The number of hydrogen-bond donors (Lipinski definition) is 2. The van der Waals surface area contributed by atoms with Crippen LogP contribution < -0.4 is 10.6 Å². The Morgan fingerprint density at radius 1 is 1.39 bits per heavy atom. The molecule has 1 atom stereocenters. The number of aliphatic carboxylic acids is 1. The molecular weight excluding hydrogens is 296 g/mol. The highest BCUT2D eigenvalue weighted by molar-refractivity contribution is 5.89. The summed E-state index contributed by atoms with van der Waals surface area (Å²) in [6.45, 7) is 6.12. The number of carboxylic acid groups (broad SMARTS) is 1. The van der Waals surface area contributed by atoms with E-state index in [2.05, 4.69) is 0 Å². The van der Waals surface area contributed by atoms with Crippen molar-refractivity contribution in [3.05, 3.63) is 29.3 Å². The van der Waals surface area contributed by atoms with Crippen LogP contribution >= 0.6 is 0 Å². The summed E-state index contributed by atoms with van der Waals surface area (Å²) in [6, 6.07) is 4.97. The van der Waals surface area contributed by atoms with Gasteiger partial charge in [-0.15, -0.1) is 0 Å². The molecule has 126 valence electrons. The maximum Gasteiger partial charge on any atom is 0.414 e. The minimum absolute atomic E-state index is 0.117. The fourth-order valence-corrected chi connectivity index (χ4v) is 2.66. The van der Waals surface area contributed by atoms with Crippen LogP contribution in [0.15, 0.2) is 18.2 Å². The molecule has 0 spiro atoms. The number of carbonyl (C=O) groups excluding carboxylic acids is 1. The molecule has 0 unspecified atom stereocenters. The quantitative estimate of drug-likeness (QED) is 0.893. The first kappa shape index (κ1) is 17.3. The molecule has 1 aromatic rings. The van der Waals surface area contributed by atoms with Crippen LogP contribution in [-0.4, -0.2) is 29.3 Å². The lowest BCUT2D eigenvalue weighted by Gasteiger charge is -2.32. The highest BCUT2D eigenvalue weighted by Crippen LogP contribution is 2.31. The monoisotopic (exact) mass is 320 g/mol. The molecule has 0 radical (unpaired) electrons. The van der Waals surface area contributed by atoms with E-state index < -0.39 is 17.6 Å². The van der Waals surface area contributed by atoms with E-state index in [0.29, 0.717) is 6.54 Å². The number of nitrogens with two attached hydrogens (primary N) is 1. The largest absolute Gasteiger partial charge is 0.481 e. The SMILES string of the molecule is CC(C)(C)OC(=O)N1CCCc2cc([C@H](N)CC(=O)O)ccc21. The lowest BCUT2D eigenvalue weighted by atomic mass is 9.96. The minimum atomic E-state index is -0.925. The van der Waals surface area contributed by atoms with Gasteiger partial charge in [0, 0.05) is 12.6 Å². The first-order valence-corrected chi connectivity index (χ1v) is 7.78. The zero-order valence-corrected chi connectivity index (χ0v) is 13.8. The molecule has 6 heteroatoms. The molecule has 0 bridgehead atoms. The number of fused-ring (bicyclic) bond motifs is 1. The van der Waals surface area contributed by atoms with Gasteiger partial charge in [0.05, 0.1) is 12.1 Å². The van der Waals surface area contributed by atoms with Crippen molar-refractivity contribution >= 4 is 17.7 Å². The molecule has 1 amide bonds. The Morgan fingerprint density at radius 3 is 2.70 bits per heavy atom. The average Bonchev–Trinajstić information content (AvgIpc) is 2.43. The molecule has 0 saturated heterocycles. The third kappa shape index (κ3) is 4.45. The Hall–Kier alpha value is -2.08. The maximum absolute atomic E-state index is 12.3. The van der Waals surface area contributed by atoms with Gasteiger partial charge in [0.25, 0.3) is 0 Å². The molecule has 6 nitrogen and oxygen atoms in total. The van der Waals surface area contributed by atoms with Gasteiger partial charge in [-0.3, -0.25) is 9.69 Å². The van der Waals surface area contributed by atoms with E-state index in [4.69, 9.17) is 15.6 Å². The van der Waals surface area contributed by atoms with Crippen LogP contribution in [0, 0.1) is 0 Å². The minimum Gasteiger partial charge on any atom is -0.481 e. The van der Waals surface area contributed by atoms with Gasteiger partial charge in [-0.1, -0.05) is 12.1 Å². The normalized spacial score (nSPS) is 15.7. The standard InChI is InChI=1S/C17H24N2O4/c1-17(2,3)23-16(22)19-8-4-5-12-9-11(6-7-14(12)19)13(18)10-15(20)21/h6-7,9,13H,4-5,8,10,18H2,1-3H3,(H,20,21)/t13-/m1/s1. The Labute approximate surface area is 136 Å². The van der Waals surface area contributed by atoms with Crippen LogP contribution in [0.4, 0.5) is 10.5 Å². The average molecular weight is 320 g/mol. The molecule has 23 heavy (non-hydrogen) atoms. The van der Waals surface area contributed by atoms with Crippen molar-refractivity contribution in [3.8, 4) is 0 Å². The predicted molar refractivity (Wildman–Crippen MR) is 87.5 cm³/mol. The van der Waals surface area contributed by atoms with Gasteiger partial charge in [0.15, 0.2) is 0 Å². The number of nitrogens with zero attached hydrogens (tertiary/aromatic N) is 1. The van der Waals surface area contributed by atoms with E-state index in [9.17, 15) is 9.59 Å². The van der Waals surface area contributed by atoms with Crippen molar-refractivity contribution in [3.63, 3.8) is 0 Å². The van der Waals surface area contributed by atoms with Crippen LogP contribution in [0.1, 0.15) is 50.8 Å². The van der Waals surface area contributed by atoms with Crippen molar-refractivity contribution in [1.82, 2.24) is 0 Å². The van der Waals surface area contributed by atoms with Crippen molar-refractivity contribution in [2.24, 2.45) is 5.73 Å². The molecule has 0 fully saturated rings. The molecule has 1 heterocycles. The van der Waals surface area contributed by atoms with Crippen LogP contribution in [0.2, 0.25) is 0 Å². The summed E-state index contributed by atoms with van der Waals surface area (Å²) in [5, 5.41) is 8.86. The van der Waals surface area contributed by atoms with Crippen molar-refractivity contribution in [1.29, 1.82) is 0 Å². The topological polar surface area (TPSA) is 92.9 Å². The Balaban J connectivity index is 2.23. The second-order valence-corrected chi connectivity index (χ2v) is 6.83. The number of carbonyl (C=O) groups is 2. The molecular formula is C17H24N2O4. The molecule has 1 aromatic carbocycles. The zero-order valence-electron chi connectivity index (χ0n) is 13.8. The fourth-order valence-electron chi connectivity index (χ4n) is 2.66. The summed E-state index contributed by atoms with van der Waals surface area (Å²) < 4.78 is 5.45. The van der Waals surface area contributed by atoms with Gasteiger partial charge < -0.3 is 15.6 Å². The predicted octanol–water partition coefficient (Wildman–Crippen LogP) is 2.85. The van der Waals surface area contributed by atoms with E-state index >= 15 is 0 Å². The van der Waals surface area contributed by atoms with Gasteiger partial charge in [0.1, 0.15) is 5.60 Å². The molecule has 1 aliphatic heterocycles. The Morgan fingerprint density at radius 2 is 2.09 bits per heavy atom. The number of ether oxygens (including phenoxy) is 1. The molecule has 1 aliphatic rings. The molecule has 2 rings (SSSR count). The zero-order chi connectivity index (χ0) is 17.2. The van der Waals surface area contributed by atoms with Crippen LogP contribution in [0.3, 0.4) is 0 Å². The number of hydrogen-bond acceptors (Lipinski definition) is 4. The van der Waals surface area contributed by atoms with Gasteiger partial charge in [-0.25, -0.2) is 4.79 Å². The number of carboxylic acids is 1. The van der Waals surface area contributed by atoms with Gasteiger partial charge in [0.2, 0.25) is 0 Å². The summed E-state index contributed by atoms with van der Waals surface area (Å²) >= 11 is 0. The van der Waals surface area contributed by atoms with Gasteiger partial charge >= 0.3 is 12.1 Å². The second-order valence-electron chi connectivity index (χ2n) is 6.83. The van der Waals surface area contributed by atoms with E-state index in [0.717, 1.165) is 29.7 Å². The van der Waals surface area contributed by atoms with E-state index in [1.807, 2.05) is 32.9 Å². The van der Waals surface area contributed by atoms with Crippen molar-refractivity contribution in [2.45, 2.75) is 51.7 Å². The number of benzene rings is 1. The highest BCUT2D eigenvalue weighted by Gasteiger charge is 2.27. The number of rotatable bonds is 3. The summed E-state index contributed by atoms with van der Waals surface area (Å²) in [6.07, 6.45) is 1.20. The first-order chi connectivity index (χ1) is 10.7. The van der Waals surface area contributed by atoms with Gasteiger partial charge in [-0.2, -0.15) is 0 Å². The van der Waals surface area contributed by atoms with E-state index in [1.54, 1.807) is 11.0 Å². The van der Waals surface area contributed by atoms with Crippen molar-refractivity contribution in [2.75, 3.05) is 11.4 Å². The van der Waals surface area contributed by atoms with Crippen LogP contribution in [0.5, 0.6) is 0 Å². The number of anilines is 1. The second kappa shape index (κ2) is 6.58. The van der Waals surface area contributed by atoms with E-state index in [1.165, 1.54) is 0 Å². The van der Waals surface area contributed by atoms with Crippen LogP contribution in [0.25, 0.3) is 0 Å². The third-order valence-corrected chi connectivity index (χ3v) is 3.66. The summed E-state index contributed by atoms with van der Waals surface area (Å²) in [5.74, 6) is -0.925. The maximum atomic E-state index is 12.3. The molecule has 3 N–H and O–H groups in total. The molecule has 0 aliphatic carbocycles. The Bertz CT molecular complexity index is 607. The highest BCUT2D eigenvalue weighted by atomic mass is 16.6. The molecule has 0 saturated carbocycles. The Kier molecular flexibility index (Phi) is 4.94. The molecule has 0 aromatic heterocycles. The van der Waals surface area contributed by atoms with Crippen LogP contribution in [-0.2, 0) is 16.0 Å². The van der Waals surface area contributed by atoms with Crippen molar-refractivity contribution < 1.29 is 19.4 Å². The number of amides is 1. The smallest absolute Gasteiger partial charge is 0.414 e. The number of aryl methyl sites for hydroxylation is 1.